The molecule has 0 aromatic heterocycles. The largest absolute Gasteiger partial charge is 0.332 e. The number of likely N-dealkylation sites (tertiary alicyclic amines) is 1. The average molecular weight is 290 g/mol. The van der Waals surface area contributed by atoms with Crippen LogP contribution in [-0.4, -0.2) is 34.4 Å². The summed E-state index contributed by atoms with van der Waals surface area (Å²) in [7, 11) is 0. The number of rotatable bonds is 6. The molecular formula is C16H22N2O3. The van der Waals surface area contributed by atoms with Gasteiger partial charge in [-0.3, -0.25) is 14.9 Å². The van der Waals surface area contributed by atoms with E-state index in [0.717, 1.165) is 18.4 Å². The van der Waals surface area contributed by atoms with Crippen molar-refractivity contribution in [2.75, 3.05) is 6.54 Å². The van der Waals surface area contributed by atoms with Gasteiger partial charge in [0.25, 0.3) is 0 Å². The van der Waals surface area contributed by atoms with E-state index < -0.39 is 6.04 Å². The molecule has 1 aliphatic rings. The van der Waals surface area contributed by atoms with E-state index in [2.05, 4.69) is 6.92 Å². The molecule has 5 heteroatoms. The molecule has 0 aliphatic carbocycles. The van der Waals surface area contributed by atoms with Gasteiger partial charge in [0.15, 0.2) is 0 Å². The molecule has 0 spiro atoms. The van der Waals surface area contributed by atoms with Gasteiger partial charge in [0.1, 0.15) is 6.04 Å². The average Bonchev–Trinajstić information content (AvgIpc) is 2.82. The van der Waals surface area contributed by atoms with Gasteiger partial charge < -0.3 is 4.90 Å². The number of nitrogens with zero attached hydrogens (tertiary/aromatic N) is 2. The van der Waals surface area contributed by atoms with E-state index in [1.54, 1.807) is 4.90 Å². The second kappa shape index (κ2) is 6.70. The number of hydrogen-bond acceptors (Lipinski definition) is 3. The van der Waals surface area contributed by atoms with E-state index in [-0.39, 0.29) is 29.2 Å². The molecule has 5 nitrogen and oxygen atoms in total. The van der Waals surface area contributed by atoms with E-state index in [0.29, 0.717) is 6.54 Å². The number of benzene rings is 1. The van der Waals surface area contributed by atoms with Crippen molar-refractivity contribution in [3.05, 3.63) is 46.0 Å². The van der Waals surface area contributed by atoms with Gasteiger partial charge in [-0.25, -0.2) is 0 Å². The van der Waals surface area contributed by atoms with Gasteiger partial charge in [0.2, 0.25) is 11.9 Å². The van der Waals surface area contributed by atoms with Crippen molar-refractivity contribution in [3.8, 4) is 0 Å². The van der Waals surface area contributed by atoms with Crippen molar-refractivity contribution in [2.45, 2.75) is 51.1 Å². The van der Waals surface area contributed by atoms with Crippen LogP contribution in [0.1, 0.15) is 44.6 Å². The van der Waals surface area contributed by atoms with Gasteiger partial charge in [-0.05, 0) is 12.0 Å². The molecule has 0 radical (unpaired) electrons. The second-order valence-corrected chi connectivity index (χ2v) is 5.69. The molecule has 1 aromatic carbocycles. The third-order valence-corrected chi connectivity index (χ3v) is 4.32. The molecule has 1 aromatic rings. The Morgan fingerprint density at radius 3 is 2.62 bits per heavy atom. The first-order valence-electron chi connectivity index (χ1n) is 7.54. The third kappa shape index (κ3) is 3.23. The highest BCUT2D eigenvalue weighted by Gasteiger charge is 2.49. The Labute approximate surface area is 125 Å². The van der Waals surface area contributed by atoms with Crippen LogP contribution in [0.5, 0.6) is 0 Å². The summed E-state index contributed by atoms with van der Waals surface area (Å²) < 4.78 is 0. The van der Waals surface area contributed by atoms with Gasteiger partial charge in [-0.2, -0.15) is 0 Å². The van der Waals surface area contributed by atoms with Gasteiger partial charge in [0.05, 0.1) is 6.42 Å². The van der Waals surface area contributed by atoms with Crippen LogP contribution < -0.4 is 0 Å². The highest BCUT2D eigenvalue weighted by atomic mass is 16.6. The summed E-state index contributed by atoms with van der Waals surface area (Å²) >= 11 is 0. The van der Waals surface area contributed by atoms with E-state index in [4.69, 9.17) is 0 Å². The van der Waals surface area contributed by atoms with Crippen LogP contribution in [0.2, 0.25) is 0 Å². The maximum absolute atomic E-state index is 12.2. The van der Waals surface area contributed by atoms with Crippen molar-refractivity contribution in [1.82, 2.24) is 4.90 Å². The van der Waals surface area contributed by atoms with Gasteiger partial charge in [-0.15, -0.1) is 0 Å². The molecule has 1 saturated heterocycles. The van der Waals surface area contributed by atoms with Crippen LogP contribution in [0.15, 0.2) is 30.3 Å². The summed E-state index contributed by atoms with van der Waals surface area (Å²) in [6.45, 7) is 4.65. The number of hydrogen-bond donors (Lipinski definition) is 0. The lowest BCUT2D eigenvalue weighted by molar-refractivity contribution is -0.525. The van der Waals surface area contributed by atoms with E-state index in [9.17, 15) is 14.9 Å². The second-order valence-electron chi connectivity index (χ2n) is 5.69. The fourth-order valence-corrected chi connectivity index (χ4v) is 3.15. The summed E-state index contributed by atoms with van der Waals surface area (Å²) in [6.07, 6.45) is 1.88. The first-order valence-corrected chi connectivity index (χ1v) is 7.54. The van der Waals surface area contributed by atoms with Crippen LogP contribution in [-0.2, 0) is 4.79 Å². The lowest BCUT2D eigenvalue weighted by Crippen LogP contribution is -2.43. The minimum atomic E-state index is -0.801. The molecular weight excluding hydrogens is 268 g/mol. The molecule has 21 heavy (non-hydrogen) atoms. The molecule has 1 amide bonds. The Hall–Kier alpha value is -1.91. The molecule has 1 aliphatic heterocycles. The number of amides is 1. The first-order chi connectivity index (χ1) is 10.1. The predicted molar refractivity (Wildman–Crippen MR) is 80.7 cm³/mol. The maximum Gasteiger partial charge on any atom is 0.242 e. The van der Waals surface area contributed by atoms with Crippen LogP contribution in [0.25, 0.3) is 0 Å². The fraction of sp³-hybridized carbons (Fsp3) is 0.562. The molecule has 0 N–H and O–H groups in total. The lowest BCUT2D eigenvalue weighted by atomic mass is 9.89. The summed E-state index contributed by atoms with van der Waals surface area (Å²) in [5.74, 6) is -0.122. The zero-order chi connectivity index (χ0) is 15.4. The first kappa shape index (κ1) is 15.5. The summed E-state index contributed by atoms with van der Waals surface area (Å²) in [5, 5.41) is 11.3. The zero-order valence-corrected chi connectivity index (χ0v) is 12.6. The number of carbonyl (C=O) groups excluding carboxylic acids is 1. The van der Waals surface area contributed by atoms with E-state index >= 15 is 0 Å². The SMILES string of the molecule is CCCCN1C(=O)C[C@@H]([N+](=O)[O-])[C@@H]1C(C)c1ccccc1. The normalized spacial score (nSPS) is 23.3. The monoisotopic (exact) mass is 290 g/mol. The predicted octanol–water partition coefficient (Wildman–Crippen LogP) is 2.84. The Kier molecular flexibility index (Phi) is 4.94. The Morgan fingerprint density at radius 2 is 2.05 bits per heavy atom. The van der Waals surface area contributed by atoms with E-state index in [1.807, 2.05) is 37.3 Å². The van der Waals surface area contributed by atoms with Crippen molar-refractivity contribution in [1.29, 1.82) is 0 Å². The van der Waals surface area contributed by atoms with Crippen LogP contribution in [0, 0.1) is 10.1 Å². The summed E-state index contributed by atoms with van der Waals surface area (Å²) in [6, 6.07) is 8.59. The molecule has 2 rings (SSSR count). The number of carbonyl (C=O) groups is 1. The van der Waals surface area contributed by atoms with Crippen molar-refractivity contribution in [2.24, 2.45) is 0 Å². The quantitative estimate of drug-likeness (QED) is 0.598. The topological polar surface area (TPSA) is 63.5 Å². The lowest BCUT2D eigenvalue weighted by Gasteiger charge is -2.30. The Bertz CT molecular complexity index is 504. The number of nitro groups is 1. The van der Waals surface area contributed by atoms with Gasteiger partial charge >= 0.3 is 0 Å². The van der Waals surface area contributed by atoms with Crippen LogP contribution in [0.3, 0.4) is 0 Å². The van der Waals surface area contributed by atoms with Gasteiger partial charge in [0, 0.05) is 17.4 Å². The minimum Gasteiger partial charge on any atom is -0.332 e. The summed E-state index contributed by atoms with van der Waals surface area (Å²) in [5.41, 5.74) is 1.05. The van der Waals surface area contributed by atoms with Crippen molar-refractivity contribution >= 4 is 5.91 Å². The Morgan fingerprint density at radius 1 is 1.38 bits per heavy atom. The van der Waals surface area contributed by atoms with Crippen molar-refractivity contribution in [3.63, 3.8) is 0 Å². The Balaban J connectivity index is 2.28. The maximum atomic E-state index is 12.2. The number of unbranched alkanes of at least 4 members (excludes halogenated alkanes) is 1. The van der Waals surface area contributed by atoms with Crippen LogP contribution >= 0.6 is 0 Å². The molecule has 114 valence electrons. The minimum absolute atomic E-state index is 0.0263. The van der Waals surface area contributed by atoms with Crippen molar-refractivity contribution < 1.29 is 9.72 Å². The zero-order valence-electron chi connectivity index (χ0n) is 12.6. The molecule has 1 fully saturated rings. The van der Waals surface area contributed by atoms with Gasteiger partial charge in [-0.1, -0.05) is 50.6 Å². The van der Waals surface area contributed by atoms with Crippen LogP contribution in [0.4, 0.5) is 0 Å². The summed E-state index contributed by atoms with van der Waals surface area (Å²) in [4.78, 5) is 24.9. The molecule has 1 heterocycles. The highest BCUT2D eigenvalue weighted by molar-refractivity contribution is 5.80. The standard InChI is InChI=1S/C16H22N2O3/c1-3-4-10-17-15(19)11-14(18(20)21)16(17)12(2)13-8-6-5-7-9-13/h5-9,12,14,16H,3-4,10-11H2,1-2H3/t12?,14-,16+/m1/s1. The molecule has 3 atom stereocenters. The smallest absolute Gasteiger partial charge is 0.242 e. The molecule has 0 saturated carbocycles. The molecule has 0 bridgehead atoms. The third-order valence-electron chi connectivity index (χ3n) is 4.32. The van der Waals surface area contributed by atoms with E-state index in [1.165, 1.54) is 0 Å². The fourth-order valence-electron chi connectivity index (χ4n) is 3.15. The molecule has 1 unspecified atom stereocenters. The highest BCUT2D eigenvalue weighted by Crippen LogP contribution is 2.33.